The zero-order valence-electron chi connectivity index (χ0n) is 9.32. The molecule has 1 saturated carbocycles. The van der Waals surface area contributed by atoms with Crippen LogP contribution in [0.2, 0.25) is 0 Å². The maximum atomic E-state index is 6.06. The molecule has 0 aromatic carbocycles. The minimum atomic E-state index is 0.0990. The smallest absolute Gasteiger partial charge is 0.120 e. The van der Waals surface area contributed by atoms with Gasteiger partial charge in [-0.2, -0.15) is 0 Å². The van der Waals surface area contributed by atoms with Crippen LogP contribution in [0.25, 0.3) is 0 Å². The molecule has 2 nitrogen and oxygen atoms in total. The van der Waals surface area contributed by atoms with Gasteiger partial charge in [0.2, 0.25) is 0 Å². The molecular formula is C13H21NO. The molecule has 1 unspecified atom stereocenters. The molecule has 1 aliphatic rings. The van der Waals surface area contributed by atoms with Gasteiger partial charge in [-0.25, -0.2) is 0 Å². The molecule has 1 fully saturated rings. The van der Waals surface area contributed by atoms with Crippen molar-refractivity contribution >= 4 is 0 Å². The largest absolute Gasteiger partial charge is 0.468 e. The molecule has 1 aromatic rings. The van der Waals surface area contributed by atoms with Crippen LogP contribution in [0.4, 0.5) is 0 Å². The summed E-state index contributed by atoms with van der Waals surface area (Å²) in [5, 5.41) is 0. The summed E-state index contributed by atoms with van der Waals surface area (Å²) in [6.07, 6.45) is 11.1. The second-order valence-corrected chi connectivity index (χ2v) is 4.70. The van der Waals surface area contributed by atoms with Crippen LogP contribution >= 0.6 is 0 Å². The van der Waals surface area contributed by atoms with Crippen LogP contribution in [-0.4, -0.2) is 0 Å². The maximum absolute atomic E-state index is 6.06. The Bertz CT molecular complexity index is 262. The van der Waals surface area contributed by atoms with E-state index in [0.717, 1.165) is 18.1 Å². The first-order chi connectivity index (χ1) is 7.36. The van der Waals surface area contributed by atoms with Gasteiger partial charge in [0.25, 0.3) is 0 Å². The number of rotatable bonds is 4. The third-order valence-electron chi connectivity index (χ3n) is 3.52. The zero-order valence-corrected chi connectivity index (χ0v) is 9.32. The normalized spacial score (nSPS) is 20.3. The molecule has 0 spiro atoms. The van der Waals surface area contributed by atoms with Gasteiger partial charge in [0.15, 0.2) is 0 Å². The highest BCUT2D eigenvalue weighted by atomic mass is 16.3. The predicted octanol–water partition coefficient (Wildman–Crippen LogP) is 3.64. The quantitative estimate of drug-likeness (QED) is 0.818. The highest BCUT2D eigenvalue weighted by Crippen LogP contribution is 2.29. The van der Waals surface area contributed by atoms with E-state index in [2.05, 4.69) is 0 Å². The fraction of sp³-hybridized carbons (Fsp3) is 0.692. The molecule has 2 N–H and O–H groups in total. The van der Waals surface area contributed by atoms with Crippen molar-refractivity contribution in [3.8, 4) is 0 Å². The van der Waals surface area contributed by atoms with Gasteiger partial charge in [0.05, 0.1) is 12.3 Å². The zero-order chi connectivity index (χ0) is 10.5. The number of nitrogens with two attached hydrogens (primary N) is 1. The van der Waals surface area contributed by atoms with Crippen molar-refractivity contribution in [2.75, 3.05) is 0 Å². The summed E-state index contributed by atoms with van der Waals surface area (Å²) in [5.74, 6) is 1.85. The van der Waals surface area contributed by atoms with Gasteiger partial charge in [-0.05, 0) is 30.9 Å². The maximum Gasteiger partial charge on any atom is 0.120 e. The van der Waals surface area contributed by atoms with E-state index in [9.17, 15) is 0 Å². The average molecular weight is 207 g/mol. The molecule has 0 amide bonds. The minimum absolute atomic E-state index is 0.0990. The van der Waals surface area contributed by atoms with Crippen LogP contribution in [-0.2, 0) is 0 Å². The van der Waals surface area contributed by atoms with E-state index in [-0.39, 0.29) is 6.04 Å². The molecule has 2 heteroatoms. The Morgan fingerprint density at radius 1 is 1.33 bits per heavy atom. The standard InChI is InChI=1S/C13H21NO/c14-12(13-7-4-10-15-13)9-8-11-5-2-1-3-6-11/h4,7,10-12H,1-3,5-6,8-9,14H2. The summed E-state index contributed by atoms with van der Waals surface area (Å²) in [4.78, 5) is 0. The molecule has 1 aliphatic carbocycles. The lowest BCUT2D eigenvalue weighted by Crippen LogP contribution is -2.13. The molecule has 1 heterocycles. The van der Waals surface area contributed by atoms with E-state index in [1.807, 2.05) is 12.1 Å². The Balaban J connectivity index is 1.73. The Kier molecular flexibility index (Phi) is 3.84. The molecule has 84 valence electrons. The van der Waals surface area contributed by atoms with Crippen molar-refractivity contribution in [3.63, 3.8) is 0 Å². The summed E-state index contributed by atoms with van der Waals surface area (Å²) >= 11 is 0. The molecule has 0 aliphatic heterocycles. The van der Waals surface area contributed by atoms with E-state index in [4.69, 9.17) is 10.2 Å². The average Bonchev–Trinajstić information content (AvgIpc) is 2.81. The Labute approximate surface area is 91.8 Å². The van der Waals surface area contributed by atoms with Gasteiger partial charge in [0, 0.05) is 0 Å². The second kappa shape index (κ2) is 5.36. The molecule has 1 aromatic heterocycles. The topological polar surface area (TPSA) is 39.2 Å². The number of hydrogen-bond donors (Lipinski definition) is 1. The highest BCUT2D eigenvalue weighted by molar-refractivity contribution is 5.03. The van der Waals surface area contributed by atoms with E-state index < -0.39 is 0 Å². The van der Waals surface area contributed by atoms with Crippen molar-refractivity contribution in [2.45, 2.75) is 51.0 Å². The Morgan fingerprint density at radius 2 is 2.13 bits per heavy atom. The summed E-state index contributed by atoms with van der Waals surface area (Å²) < 4.78 is 5.31. The van der Waals surface area contributed by atoms with Crippen LogP contribution in [0, 0.1) is 5.92 Å². The van der Waals surface area contributed by atoms with Gasteiger partial charge in [-0.1, -0.05) is 32.1 Å². The lowest BCUT2D eigenvalue weighted by molar-refractivity contribution is 0.316. The lowest BCUT2D eigenvalue weighted by atomic mass is 9.85. The van der Waals surface area contributed by atoms with E-state index in [0.29, 0.717) is 0 Å². The second-order valence-electron chi connectivity index (χ2n) is 4.70. The highest BCUT2D eigenvalue weighted by Gasteiger charge is 2.16. The Hall–Kier alpha value is -0.760. The van der Waals surface area contributed by atoms with Gasteiger partial charge < -0.3 is 10.2 Å². The van der Waals surface area contributed by atoms with Crippen molar-refractivity contribution in [1.82, 2.24) is 0 Å². The van der Waals surface area contributed by atoms with Gasteiger partial charge in [-0.15, -0.1) is 0 Å². The summed E-state index contributed by atoms with van der Waals surface area (Å²) in [7, 11) is 0. The van der Waals surface area contributed by atoms with Crippen LogP contribution in [0.5, 0.6) is 0 Å². The fourth-order valence-electron chi connectivity index (χ4n) is 2.54. The van der Waals surface area contributed by atoms with E-state index in [1.165, 1.54) is 38.5 Å². The summed E-state index contributed by atoms with van der Waals surface area (Å²) in [5.41, 5.74) is 6.06. The Morgan fingerprint density at radius 3 is 2.80 bits per heavy atom. The minimum Gasteiger partial charge on any atom is -0.468 e. The molecule has 15 heavy (non-hydrogen) atoms. The fourth-order valence-corrected chi connectivity index (χ4v) is 2.54. The first-order valence-corrected chi connectivity index (χ1v) is 6.15. The van der Waals surface area contributed by atoms with Crippen LogP contribution < -0.4 is 5.73 Å². The first kappa shape index (κ1) is 10.7. The number of furan rings is 1. The summed E-state index contributed by atoms with van der Waals surface area (Å²) in [6.45, 7) is 0. The molecule has 1 atom stereocenters. The molecule has 0 saturated heterocycles. The van der Waals surface area contributed by atoms with Gasteiger partial charge in [0.1, 0.15) is 5.76 Å². The van der Waals surface area contributed by atoms with E-state index >= 15 is 0 Å². The SMILES string of the molecule is NC(CCC1CCCCC1)c1ccco1. The predicted molar refractivity (Wildman–Crippen MR) is 61.4 cm³/mol. The molecule has 0 radical (unpaired) electrons. The van der Waals surface area contributed by atoms with Crippen molar-refractivity contribution in [3.05, 3.63) is 24.2 Å². The van der Waals surface area contributed by atoms with E-state index in [1.54, 1.807) is 6.26 Å². The lowest BCUT2D eigenvalue weighted by Gasteiger charge is -2.22. The van der Waals surface area contributed by atoms with Crippen molar-refractivity contribution in [1.29, 1.82) is 0 Å². The molecule has 0 bridgehead atoms. The number of hydrogen-bond acceptors (Lipinski definition) is 2. The van der Waals surface area contributed by atoms with Crippen molar-refractivity contribution in [2.24, 2.45) is 11.7 Å². The third-order valence-corrected chi connectivity index (χ3v) is 3.52. The summed E-state index contributed by atoms with van der Waals surface area (Å²) in [6, 6.07) is 3.99. The monoisotopic (exact) mass is 207 g/mol. The molecular weight excluding hydrogens is 186 g/mol. The molecule has 2 rings (SSSR count). The third kappa shape index (κ3) is 3.10. The van der Waals surface area contributed by atoms with Crippen LogP contribution in [0.3, 0.4) is 0 Å². The first-order valence-electron chi connectivity index (χ1n) is 6.15. The van der Waals surface area contributed by atoms with Gasteiger partial charge in [-0.3, -0.25) is 0 Å². The van der Waals surface area contributed by atoms with Crippen molar-refractivity contribution < 1.29 is 4.42 Å². The van der Waals surface area contributed by atoms with Gasteiger partial charge >= 0.3 is 0 Å². The van der Waals surface area contributed by atoms with Crippen LogP contribution in [0.1, 0.15) is 56.7 Å². The van der Waals surface area contributed by atoms with Crippen LogP contribution in [0.15, 0.2) is 22.8 Å².